The highest BCUT2D eigenvalue weighted by Gasteiger charge is 2.36. The van der Waals surface area contributed by atoms with Crippen LogP contribution < -0.4 is 9.47 Å². The van der Waals surface area contributed by atoms with Gasteiger partial charge in [-0.2, -0.15) is 0 Å². The Labute approximate surface area is 178 Å². The highest BCUT2D eigenvalue weighted by Crippen LogP contribution is 2.39. The fraction of sp³-hybridized carbons (Fsp3) is 0.350. The summed E-state index contributed by atoms with van der Waals surface area (Å²) in [5.41, 5.74) is 0.555. The molecular weight excluding hydrogens is 418 g/mol. The lowest BCUT2D eigenvalue weighted by Crippen LogP contribution is -2.35. The van der Waals surface area contributed by atoms with Crippen molar-refractivity contribution in [2.24, 2.45) is 0 Å². The van der Waals surface area contributed by atoms with Crippen LogP contribution in [0.2, 0.25) is 5.02 Å². The zero-order valence-electron chi connectivity index (χ0n) is 16.4. The molecule has 0 aliphatic carbocycles. The van der Waals surface area contributed by atoms with E-state index < -0.39 is 23.7 Å². The van der Waals surface area contributed by atoms with Gasteiger partial charge >= 0.3 is 5.97 Å². The number of halogens is 1. The quantitative estimate of drug-likeness (QED) is 0.322. The Kier molecular flexibility index (Phi) is 8.16. The number of nitrogens with zero attached hydrogens (tertiary/aromatic N) is 1. The van der Waals surface area contributed by atoms with Gasteiger partial charge in [0.05, 0.1) is 22.6 Å². The minimum Gasteiger partial charge on any atom is -0.490 e. The molecule has 1 aromatic rings. The first-order valence-corrected chi connectivity index (χ1v) is 10.1. The molecule has 0 aromatic heterocycles. The number of carbonyl (C=O) groups is 3. The largest absolute Gasteiger partial charge is 0.490 e. The number of amides is 2. The monoisotopic (exact) mass is 439 g/mol. The van der Waals surface area contributed by atoms with Crippen LogP contribution in [0.3, 0.4) is 0 Å². The number of ether oxygens (including phenoxy) is 3. The van der Waals surface area contributed by atoms with Crippen LogP contribution in [-0.4, -0.2) is 47.9 Å². The van der Waals surface area contributed by atoms with Gasteiger partial charge in [-0.1, -0.05) is 24.3 Å². The molecule has 29 heavy (non-hydrogen) atoms. The van der Waals surface area contributed by atoms with E-state index >= 15 is 0 Å². The van der Waals surface area contributed by atoms with Crippen molar-refractivity contribution in [1.82, 2.24) is 4.90 Å². The van der Waals surface area contributed by atoms with Crippen LogP contribution >= 0.6 is 23.4 Å². The second-order valence-electron chi connectivity index (χ2n) is 6.17. The fourth-order valence-electron chi connectivity index (χ4n) is 2.43. The molecule has 2 amide bonds. The van der Waals surface area contributed by atoms with Crippen molar-refractivity contribution < 1.29 is 28.6 Å². The molecule has 1 aliphatic heterocycles. The lowest BCUT2D eigenvalue weighted by Gasteiger charge is -2.14. The van der Waals surface area contributed by atoms with Crippen molar-refractivity contribution in [1.29, 1.82) is 0 Å². The number of carbonyl (C=O) groups excluding carboxylic acids is 3. The van der Waals surface area contributed by atoms with Gasteiger partial charge in [0.2, 0.25) is 0 Å². The van der Waals surface area contributed by atoms with E-state index in [1.54, 1.807) is 32.1 Å². The number of imide groups is 1. The summed E-state index contributed by atoms with van der Waals surface area (Å²) in [6.45, 7) is 9.00. The number of benzene rings is 1. The van der Waals surface area contributed by atoms with Gasteiger partial charge in [-0.05, 0) is 56.3 Å². The highest BCUT2D eigenvalue weighted by atomic mass is 35.5. The Morgan fingerprint density at radius 3 is 2.66 bits per heavy atom. The maximum absolute atomic E-state index is 12.6. The molecule has 0 atom stereocenters. The van der Waals surface area contributed by atoms with Crippen LogP contribution in [0.1, 0.15) is 26.3 Å². The third-order valence-electron chi connectivity index (χ3n) is 3.50. The summed E-state index contributed by atoms with van der Waals surface area (Å²) in [6.07, 6.45) is 2.77. The highest BCUT2D eigenvalue weighted by molar-refractivity contribution is 8.18. The van der Waals surface area contributed by atoms with Crippen molar-refractivity contribution in [2.75, 3.05) is 19.8 Å². The Bertz CT molecular complexity index is 852. The number of rotatable bonds is 9. The lowest BCUT2D eigenvalue weighted by atomic mass is 10.1. The van der Waals surface area contributed by atoms with Gasteiger partial charge in [-0.25, -0.2) is 0 Å². The summed E-state index contributed by atoms with van der Waals surface area (Å²) in [5.74, 6) is -0.432. The molecule has 7 nitrogen and oxygen atoms in total. The van der Waals surface area contributed by atoms with Gasteiger partial charge in [0.15, 0.2) is 11.5 Å². The summed E-state index contributed by atoms with van der Waals surface area (Å²) in [5, 5.41) is -0.243. The topological polar surface area (TPSA) is 82.1 Å². The van der Waals surface area contributed by atoms with E-state index in [9.17, 15) is 14.4 Å². The van der Waals surface area contributed by atoms with Gasteiger partial charge in [0.25, 0.3) is 11.1 Å². The fourth-order valence-corrected chi connectivity index (χ4v) is 3.55. The summed E-state index contributed by atoms with van der Waals surface area (Å²) in [7, 11) is 0. The van der Waals surface area contributed by atoms with Crippen molar-refractivity contribution in [3.63, 3.8) is 0 Å². The van der Waals surface area contributed by atoms with Crippen LogP contribution in [0.5, 0.6) is 11.5 Å². The Morgan fingerprint density at radius 2 is 2.03 bits per heavy atom. The number of esters is 1. The Balaban J connectivity index is 2.27. The van der Waals surface area contributed by atoms with Crippen molar-refractivity contribution in [3.05, 3.63) is 40.3 Å². The van der Waals surface area contributed by atoms with Gasteiger partial charge in [-0.15, -0.1) is 0 Å². The number of hydrogen-bond donors (Lipinski definition) is 0. The van der Waals surface area contributed by atoms with E-state index in [-0.39, 0.29) is 17.6 Å². The van der Waals surface area contributed by atoms with Gasteiger partial charge in [-0.3, -0.25) is 19.3 Å². The van der Waals surface area contributed by atoms with Crippen LogP contribution in [-0.2, 0) is 14.3 Å². The number of hydrogen-bond acceptors (Lipinski definition) is 7. The molecule has 156 valence electrons. The second kappa shape index (κ2) is 10.4. The van der Waals surface area contributed by atoms with Crippen molar-refractivity contribution in [2.45, 2.75) is 26.9 Å². The standard InChI is InChI=1S/C20H22ClNO6S/c1-5-7-27-18-14(21)8-13(9-15(18)26-6-2)10-16-19(24)22(20(25)29-16)11-17(23)28-12(3)4/h5,8-10,12H,1,6-7,11H2,2-4H3/b16-10+. The van der Waals surface area contributed by atoms with E-state index in [1.807, 2.05) is 6.92 Å². The first kappa shape index (κ1) is 22.8. The smallest absolute Gasteiger partial charge is 0.326 e. The molecule has 0 N–H and O–H groups in total. The summed E-state index contributed by atoms with van der Waals surface area (Å²) in [4.78, 5) is 37.5. The molecule has 0 saturated carbocycles. The SMILES string of the molecule is C=CCOc1c(Cl)cc(/C=C2/SC(=O)N(CC(=O)OC(C)C)C2=O)cc1OCC. The summed E-state index contributed by atoms with van der Waals surface area (Å²) < 4.78 is 16.1. The predicted octanol–water partition coefficient (Wildman–Crippen LogP) is 4.29. The van der Waals surface area contributed by atoms with Crippen LogP contribution in [0.15, 0.2) is 29.7 Å². The third-order valence-corrected chi connectivity index (χ3v) is 4.69. The van der Waals surface area contributed by atoms with E-state index in [0.717, 1.165) is 16.7 Å². The minimum absolute atomic E-state index is 0.172. The maximum atomic E-state index is 12.6. The second-order valence-corrected chi connectivity index (χ2v) is 7.57. The van der Waals surface area contributed by atoms with E-state index in [4.69, 9.17) is 25.8 Å². The van der Waals surface area contributed by atoms with E-state index in [1.165, 1.54) is 6.08 Å². The zero-order valence-corrected chi connectivity index (χ0v) is 18.0. The molecule has 1 heterocycles. The minimum atomic E-state index is -0.644. The summed E-state index contributed by atoms with van der Waals surface area (Å²) >= 11 is 7.05. The van der Waals surface area contributed by atoms with E-state index in [0.29, 0.717) is 28.7 Å². The zero-order chi connectivity index (χ0) is 21.6. The average molecular weight is 440 g/mol. The number of thioether (sulfide) groups is 1. The molecule has 2 rings (SSSR count). The van der Waals surface area contributed by atoms with E-state index in [2.05, 4.69) is 6.58 Å². The average Bonchev–Trinajstić information content (AvgIpc) is 2.88. The molecule has 1 saturated heterocycles. The molecule has 0 bridgehead atoms. The molecule has 0 unspecified atom stereocenters. The molecule has 0 spiro atoms. The molecule has 0 radical (unpaired) electrons. The van der Waals surface area contributed by atoms with Crippen molar-refractivity contribution >= 4 is 46.6 Å². The Morgan fingerprint density at radius 1 is 1.31 bits per heavy atom. The molecule has 1 aliphatic rings. The lowest BCUT2D eigenvalue weighted by molar-refractivity contribution is -0.149. The first-order valence-electron chi connectivity index (χ1n) is 8.91. The van der Waals surface area contributed by atoms with Crippen LogP contribution in [0.25, 0.3) is 6.08 Å². The van der Waals surface area contributed by atoms with Crippen LogP contribution in [0.4, 0.5) is 4.79 Å². The molecular formula is C20H22ClNO6S. The van der Waals surface area contributed by atoms with Gasteiger partial charge in [0, 0.05) is 0 Å². The van der Waals surface area contributed by atoms with Crippen molar-refractivity contribution in [3.8, 4) is 11.5 Å². The molecule has 1 fully saturated rings. The maximum Gasteiger partial charge on any atom is 0.326 e. The third kappa shape index (κ3) is 6.01. The normalized spacial score (nSPS) is 15.2. The van der Waals surface area contributed by atoms with Gasteiger partial charge in [0.1, 0.15) is 13.2 Å². The summed E-state index contributed by atoms with van der Waals surface area (Å²) in [6, 6.07) is 3.26. The molecule has 1 aromatic carbocycles. The van der Waals surface area contributed by atoms with Crippen LogP contribution in [0, 0.1) is 0 Å². The Hall–Kier alpha value is -2.45. The van der Waals surface area contributed by atoms with Gasteiger partial charge < -0.3 is 14.2 Å². The first-order chi connectivity index (χ1) is 13.8. The predicted molar refractivity (Wildman–Crippen MR) is 112 cm³/mol. The molecule has 9 heteroatoms.